The van der Waals surface area contributed by atoms with Gasteiger partial charge in [-0.25, -0.2) is 0 Å². The van der Waals surface area contributed by atoms with Crippen molar-refractivity contribution in [1.29, 1.82) is 0 Å². The van der Waals surface area contributed by atoms with E-state index < -0.39 is 22.9 Å². The van der Waals surface area contributed by atoms with Gasteiger partial charge in [-0.2, -0.15) is 13.2 Å². The van der Waals surface area contributed by atoms with E-state index in [9.17, 15) is 22.8 Å². The van der Waals surface area contributed by atoms with Crippen LogP contribution in [-0.4, -0.2) is 85.4 Å². The molecule has 2 atom stereocenters. The van der Waals surface area contributed by atoms with Crippen LogP contribution >= 0.6 is 34.8 Å². The second-order valence-corrected chi connectivity index (χ2v) is 19.4. The molecule has 2 unspecified atom stereocenters. The first-order valence-corrected chi connectivity index (χ1v) is 23.0. The Morgan fingerprint density at radius 2 is 1.20 bits per heavy atom. The van der Waals surface area contributed by atoms with Crippen molar-refractivity contribution in [1.82, 2.24) is 9.80 Å². The summed E-state index contributed by atoms with van der Waals surface area (Å²) in [6.45, 7) is 18.8. The van der Waals surface area contributed by atoms with E-state index in [1.807, 2.05) is 78.8 Å². The maximum atomic E-state index is 12.9. The highest BCUT2D eigenvalue weighted by Gasteiger charge is 2.31. The largest absolute Gasteiger partial charge is 0.489 e. The number of esters is 2. The summed E-state index contributed by atoms with van der Waals surface area (Å²) < 4.78 is 73.1. The van der Waals surface area contributed by atoms with E-state index in [0.29, 0.717) is 68.1 Å². The summed E-state index contributed by atoms with van der Waals surface area (Å²) in [5, 5.41) is 1.40. The molecule has 0 radical (unpaired) electrons. The summed E-state index contributed by atoms with van der Waals surface area (Å²) in [5.41, 5.74) is 2.37. The molecule has 10 nitrogen and oxygen atoms in total. The summed E-state index contributed by atoms with van der Waals surface area (Å²) in [4.78, 5) is 28.4. The molecule has 360 valence electrons. The molecule has 2 aliphatic rings. The minimum absolute atomic E-state index is 0.0480. The van der Waals surface area contributed by atoms with Crippen LogP contribution in [0.3, 0.4) is 0 Å². The van der Waals surface area contributed by atoms with Gasteiger partial charge in [0.05, 0.1) is 43.8 Å². The Balaban J connectivity index is 0.000000248. The van der Waals surface area contributed by atoms with Crippen LogP contribution in [0.15, 0.2) is 78.9 Å². The van der Waals surface area contributed by atoms with Crippen molar-refractivity contribution in [2.45, 2.75) is 104 Å². The zero-order valence-electron chi connectivity index (χ0n) is 38.6. The number of benzene rings is 4. The first-order chi connectivity index (χ1) is 31.0. The predicted molar refractivity (Wildman–Crippen MR) is 250 cm³/mol. The number of ether oxygens (including phenoxy) is 6. The highest BCUT2D eigenvalue weighted by Crippen LogP contribution is 2.34. The van der Waals surface area contributed by atoms with Gasteiger partial charge < -0.3 is 28.4 Å². The van der Waals surface area contributed by atoms with Gasteiger partial charge in [0.1, 0.15) is 35.9 Å². The number of rotatable bonds is 14. The maximum absolute atomic E-state index is 12.9. The Morgan fingerprint density at radius 3 is 1.71 bits per heavy atom. The minimum Gasteiger partial charge on any atom is -0.489 e. The number of aryl methyl sites for hydroxylation is 1. The normalized spacial score (nSPS) is 17.3. The summed E-state index contributed by atoms with van der Waals surface area (Å²) in [6, 6.07) is 21.9. The van der Waals surface area contributed by atoms with Gasteiger partial charge in [0.2, 0.25) is 0 Å². The zero-order chi connectivity index (χ0) is 48.2. The van der Waals surface area contributed by atoms with Gasteiger partial charge >= 0.3 is 18.1 Å². The van der Waals surface area contributed by atoms with E-state index in [1.54, 1.807) is 24.3 Å². The van der Waals surface area contributed by atoms with Gasteiger partial charge in [0, 0.05) is 65.5 Å². The van der Waals surface area contributed by atoms with E-state index in [1.165, 1.54) is 6.07 Å². The van der Waals surface area contributed by atoms with Crippen LogP contribution < -0.4 is 9.47 Å². The number of halogens is 6. The Labute approximate surface area is 401 Å². The summed E-state index contributed by atoms with van der Waals surface area (Å²) in [7, 11) is 0. The molecule has 2 saturated heterocycles. The SMILES string of the molecule is CC(C)(C)OC(=O)CCN1CCOC(c2ccc(OCc3cc(C(F)(F)F)ccc3Cl)cc2)C1.Cc1cc(C2CN(CCC(=O)OC(C)(C)C)CCO2)ccc1OCc1c(Cl)cccc1Cl. The smallest absolute Gasteiger partial charge is 0.416 e. The van der Waals surface area contributed by atoms with Crippen molar-refractivity contribution in [3.05, 3.63) is 127 Å². The van der Waals surface area contributed by atoms with Crippen LogP contribution in [0.2, 0.25) is 15.1 Å². The summed E-state index contributed by atoms with van der Waals surface area (Å²) in [5.74, 6) is 0.895. The third-order valence-corrected chi connectivity index (χ3v) is 11.5. The molecule has 4 aromatic carbocycles. The standard InChI is InChI=1S/C25H31Cl2NO4.C25H29ClF3NO4/c1-17-14-18(8-9-22(17)31-16-19-20(26)6-5-7-21(19)27)23-15-28(12-13-30-23)11-10-24(29)32-25(2,3)4;1-24(2,3)34-23(31)10-11-30-12-13-32-22(15-30)17-4-7-20(8-5-17)33-16-18-14-19(25(27,28)29)6-9-21(18)26/h5-9,14,23H,10-13,15-16H2,1-4H3;4-9,14,22H,10-13,15-16H2,1-3H3. The van der Waals surface area contributed by atoms with Gasteiger partial charge in [-0.05, 0) is 120 Å². The number of alkyl halides is 3. The molecule has 66 heavy (non-hydrogen) atoms. The quantitative estimate of drug-likeness (QED) is 0.114. The molecule has 0 amide bonds. The molecule has 4 aromatic rings. The van der Waals surface area contributed by atoms with Gasteiger partial charge in [-0.3, -0.25) is 19.4 Å². The molecule has 0 spiro atoms. The number of hydrogen-bond donors (Lipinski definition) is 0. The van der Waals surface area contributed by atoms with E-state index in [4.69, 9.17) is 63.2 Å². The lowest BCUT2D eigenvalue weighted by atomic mass is 10.0. The van der Waals surface area contributed by atoms with E-state index >= 15 is 0 Å². The Kier molecular flexibility index (Phi) is 19.0. The van der Waals surface area contributed by atoms with E-state index in [-0.39, 0.29) is 41.3 Å². The number of nitrogens with zero attached hydrogens (tertiary/aromatic N) is 2. The third kappa shape index (κ3) is 17.2. The average Bonchev–Trinajstić information content (AvgIpc) is 3.24. The van der Waals surface area contributed by atoms with Crippen LogP contribution in [0, 0.1) is 6.92 Å². The lowest BCUT2D eigenvalue weighted by molar-refractivity contribution is -0.156. The molecule has 0 N–H and O–H groups in total. The summed E-state index contributed by atoms with van der Waals surface area (Å²) in [6.07, 6.45) is -3.95. The topological polar surface area (TPSA) is 96.0 Å². The number of morpholine rings is 2. The van der Waals surface area contributed by atoms with Gasteiger partial charge in [-0.1, -0.05) is 59.1 Å². The van der Waals surface area contributed by atoms with Gasteiger partial charge in [-0.15, -0.1) is 0 Å². The number of hydrogen-bond acceptors (Lipinski definition) is 10. The van der Waals surface area contributed by atoms with Crippen LogP contribution in [0.4, 0.5) is 13.2 Å². The van der Waals surface area contributed by atoms with Crippen LogP contribution in [0.25, 0.3) is 0 Å². The van der Waals surface area contributed by atoms with Gasteiger partial charge in [0.25, 0.3) is 0 Å². The molecule has 0 saturated carbocycles. The van der Waals surface area contributed by atoms with Crippen molar-refractivity contribution in [2.75, 3.05) is 52.5 Å². The highest BCUT2D eigenvalue weighted by molar-refractivity contribution is 6.36. The van der Waals surface area contributed by atoms with E-state index in [2.05, 4.69) is 15.9 Å². The summed E-state index contributed by atoms with van der Waals surface area (Å²) >= 11 is 18.5. The van der Waals surface area contributed by atoms with Crippen LogP contribution in [0.1, 0.15) is 100.0 Å². The second-order valence-electron chi connectivity index (χ2n) is 18.2. The molecule has 0 aromatic heterocycles. The fourth-order valence-corrected chi connectivity index (χ4v) is 7.83. The molecule has 2 aliphatic heterocycles. The maximum Gasteiger partial charge on any atom is 0.416 e. The Morgan fingerprint density at radius 1 is 0.667 bits per heavy atom. The Bertz CT molecular complexity index is 2210. The van der Waals surface area contributed by atoms with Crippen molar-refractivity contribution in [3.8, 4) is 11.5 Å². The molecule has 2 fully saturated rings. The van der Waals surface area contributed by atoms with Gasteiger partial charge in [0.15, 0.2) is 0 Å². The second kappa shape index (κ2) is 23.8. The Hall–Kier alpha value is -4.08. The fourth-order valence-electron chi connectivity index (χ4n) is 7.15. The van der Waals surface area contributed by atoms with Crippen molar-refractivity contribution < 1.29 is 51.2 Å². The number of carbonyl (C=O) groups excluding carboxylic acids is 2. The lowest BCUT2D eigenvalue weighted by Crippen LogP contribution is -2.40. The minimum atomic E-state index is -4.44. The molecule has 0 aliphatic carbocycles. The molecule has 0 bridgehead atoms. The number of carbonyl (C=O) groups is 2. The van der Waals surface area contributed by atoms with Crippen molar-refractivity contribution >= 4 is 46.7 Å². The monoisotopic (exact) mass is 978 g/mol. The zero-order valence-corrected chi connectivity index (χ0v) is 40.8. The van der Waals surface area contributed by atoms with Crippen LogP contribution in [-0.2, 0) is 47.9 Å². The molecule has 2 heterocycles. The molecule has 6 rings (SSSR count). The van der Waals surface area contributed by atoms with E-state index in [0.717, 1.165) is 59.8 Å². The average molecular weight is 980 g/mol. The van der Waals surface area contributed by atoms with Crippen LogP contribution in [0.5, 0.6) is 11.5 Å². The van der Waals surface area contributed by atoms with Crippen molar-refractivity contribution in [3.63, 3.8) is 0 Å². The first-order valence-electron chi connectivity index (χ1n) is 21.9. The lowest BCUT2D eigenvalue weighted by Gasteiger charge is -2.33. The third-order valence-electron chi connectivity index (χ3n) is 10.4. The first kappa shape index (κ1) is 52.9. The molecular weight excluding hydrogens is 920 g/mol. The predicted octanol–water partition coefficient (Wildman–Crippen LogP) is 12.0. The fraction of sp³-hybridized carbons (Fsp3) is 0.480. The molecular formula is C50H60Cl3F3N2O8. The highest BCUT2D eigenvalue weighted by atomic mass is 35.5. The molecule has 16 heteroatoms. The van der Waals surface area contributed by atoms with Crippen molar-refractivity contribution in [2.24, 2.45) is 0 Å².